The summed E-state index contributed by atoms with van der Waals surface area (Å²) in [7, 11) is 1.68. The maximum Gasteiger partial charge on any atom is 0.268 e. The molecule has 2 aromatic carbocycles. The van der Waals surface area contributed by atoms with E-state index in [0.29, 0.717) is 31.2 Å². The highest BCUT2D eigenvalue weighted by Crippen LogP contribution is 2.29. The van der Waals surface area contributed by atoms with Crippen LogP contribution in [0.25, 0.3) is 10.6 Å². The van der Waals surface area contributed by atoms with Crippen molar-refractivity contribution in [3.05, 3.63) is 70.0 Å². The third-order valence-electron chi connectivity index (χ3n) is 6.77. The molecular formula is C28H34FN7O3S. The highest BCUT2D eigenvalue weighted by Gasteiger charge is 2.26. The molecule has 40 heavy (non-hydrogen) atoms. The summed E-state index contributed by atoms with van der Waals surface area (Å²) in [6, 6.07) is 10.3. The van der Waals surface area contributed by atoms with E-state index in [1.807, 2.05) is 37.1 Å². The highest BCUT2D eigenvalue weighted by atomic mass is 32.1. The molecular weight excluding hydrogens is 533 g/mol. The van der Waals surface area contributed by atoms with E-state index in [4.69, 9.17) is 5.73 Å². The SMILES string of the molecule is CCNCCN(C(=O)CNCC(=O)N(C)N1Cc2ccc(F)cc2C1)c1ccc(-c2nc(C(N)=O)cs2)cc1C. The fourth-order valence-corrected chi connectivity index (χ4v) is 5.37. The molecule has 0 saturated carbocycles. The normalized spacial score (nSPS) is 12.8. The molecule has 1 aliphatic heterocycles. The summed E-state index contributed by atoms with van der Waals surface area (Å²) in [5.74, 6) is -1.23. The fourth-order valence-electron chi connectivity index (χ4n) is 4.56. The van der Waals surface area contributed by atoms with Crippen LogP contribution in [0.4, 0.5) is 10.1 Å². The molecule has 0 aliphatic carbocycles. The molecule has 2 heterocycles. The lowest BCUT2D eigenvalue weighted by Gasteiger charge is -2.28. The van der Waals surface area contributed by atoms with Crippen LogP contribution in [0.15, 0.2) is 41.8 Å². The van der Waals surface area contributed by atoms with Gasteiger partial charge in [0.2, 0.25) is 5.91 Å². The maximum atomic E-state index is 13.6. The number of primary amides is 1. The Hall–Kier alpha value is -3.71. The Morgan fingerprint density at radius 3 is 2.52 bits per heavy atom. The standard InChI is InChI=1S/C28H34FN7O3S/c1-4-31-9-10-36(24-8-6-19(11-18(24)2)28-33-23(17-40-28)27(30)39)26(38)14-32-13-25(37)34(3)35-15-20-5-7-22(29)12-21(20)16-35/h5-8,11-12,17,31-32H,4,9-10,13-16H2,1-3H3,(H2,30,39). The Labute approximate surface area is 236 Å². The van der Waals surface area contributed by atoms with Gasteiger partial charge in [0.15, 0.2) is 0 Å². The van der Waals surface area contributed by atoms with Crippen LogP contribution < -0.4 is 21.3 Å². The molecule has 0 radical (unpaired) electrons. The second-order valence-corrected chi connectivity index (χ2v) is 10.4. The van der Waals surface area contributed by atoms with Gasteiger partial charge in [-0.1, -0.05) is 13.0 Å². The summed E-state index contributed by atoms with van der Waals surface area (Å²) in [6.07, 6.45) is 0. The number of aromatic nitrogens is 1. The Morgan fingerprint density at radius 2 is 1.82 bits per heavy atom. The van der Waals surface area contributed by atoms with Gasteiger partial charge >= 0.3 is 0 Å². The van der Waals surface area contributed by atoms with Gasteiger partial charge < -0.3 is 16.0 Å². The monoisotopic (exact) mass is 567 g/mol. The van der Waals surface area contributed by atoms with Gasteiger partial charge in [-0.2, -0.15) is 0 Å². The number of anilines is 1. The quantitative estimate of drug-likeness (QED) is 0.287. The van der Waals surface area contributed by atoms with Gasteiger partial charge in [-0.25, -0.2) is 14.4 Å². The van der Waals surface area contributed by atoms with E-state index in [0.717, 1.165) is 34.5 Å². The molecule has 12 heteroatoms. The zero-order valence-corrected chi connectivity index (χ0v) is 23.7. The average Bonchev–Trinajstić information content (AvgIpc) is 3.58. The number of nitrogens with two attached hydrogens (primary N) is 1. The van der Waals surface area contributed by atoms with Crippen molar-refractivity contribution in [2.75, 3.05) is 44.7 Å². The molecule has 0 fully saturated rings. The zero-order chi connectivity index (χ0) is 28.8. The van der Waals surface area contributed by atoms with E-state index in [1.165, 1.54) is 28.5 Å². The van der Waals surface area contributed by atoms with E-state index in [1.54, 1.807) is 23.4 Å². The van der Waals surface area contributed by atoms with Crippen LogP contribution in [0.5, 0.6) is 0 Å². The van der Waals surface area contributed by atoms with Crippen molar-refractivity contribution in [1.82, 2.24) is 25.6 Å². The van der Waals surface area contributed by atoms with Crippen LogP contribution in [0.3, 0.4) is 0 Å². The molecule has 0 saturated heterocycles. The summed E-state index contributed by atoms with van der Waals surface area (Å²) in [4.78, 5) is 43.6. The van der Waals surface area contributed by atoms with Crippen molar-refractivity contribution in [2.24, 2.45) is 5.73 Å². The predicted octanol–water partition coefficient (Wildman–Crippen LogP) is 2.28. The molecule has 1 aromatic heterocycles. The molecule has 0 unspecified atom stereocenters. The van der Waals surface area contributed by atoms with Crippen LogP contribution in [0.2, 0.25) is 0 Å². The van der Waals surface area contributed by atoms with Crippen LogP contribution in [0.1, 0.15) is 34.1 Å². The number of amides is 3. The van der Waals surface area contributed by atoms with Gasteiger partial charge in [0, 0.05) is 49.9 Å². The number of likely N-dealkylation sites (N-methyl/N-ethyl adjacent to an activating group) is 2. The smallest absolute Gasteiger partial charge is 0.268 e. The topological polar surface area (TPSA) is 124 Å². The number of aryl methyl sites for hydroxylation is 1. The summed E-state index contributed by atoms with van der Waals surface area (Å²) < 4.78 is 13.6. The lowest BCUT2D eigenvalue weighted by Crippen LogP contribution is -2.47. The third-order valence-corrected chi connectivity index (χ3v) is 7.66. The lowest BCUT2D eigenvalue weighted by molar-refractivity contribution is -0.145. The minimum Gasteiger partial charge on any atom is -0.364 e. The van der Waals surface area contributed by atoms with E-state index in [9.17, 15) is 18.8 Å². The largest absolute Gasteiger partial charge is 0.364 e. The molecule has 10 nitrogen and oxygen atoms in total. The fraction of sp³-hybridized carbons (Fsp3) is 0.357. The minimum atomic E-state index is -0.575. The number of thiazole rings is 1. The van der Waals surface area contributed by atoms with Crippen LogP contribution >= 0.6 is 11.3 Å². The predicted molar refractivity (Wildman–Crippen MR) is 153 cm³/mol. The Kier molecular flexibility index (Phi) is 9.58. The lowest BCUT2D eigenvalue weighted by atomic mass is 10.1. The molecule has 0 spiro atoms. The maximum absolute atomic E-state index is 13.6. The van der Waals surface area contributed by atoms with Gasteiger partial charge in [0.1, 0.15) is 16.5 Å². The first-order valence-corrected chi connectivity index (χ1v) is 13.9. The van der Waals surface area contributed by atoms with Crippen LogP contribution in [-0.2, 0) is 22.7 Å². The van der Waals surface area contributed by atoms with Gasteiger partial charge in [-0.05, 0) is 60.5 Å². The summed E-state index contributed by atoms with van der Waals surface area (Å²) in [6.45, 7) is 6.69. The van der Waals surface area contributed by atoms with E-state index in [-0.39, 0.29) is 36.4 Å². The Bertz CT molecular complexity index is 1400. The van der Waals surface area contributed by atoms with Crippen molar-refractivity contribution in [1.29, 1.82) is 0 Å². The van der Waals surface area contributed by atoms with Gasteiger partial charge in [0.05, 0.1) is 13.1 Å². The number of nitrogens with zero attached hydrogens (tertiary/aromatic N) is 4. The van der Waals surface area contributed by atoms with E-state index >= 15 is 0 Å². The summed E-state index contributed by atoms with van der Waals surface area (Å²) in [5.41, 5.74) is 9.87. The van der Waals surface area contributed by atoms with E-state index < -0.39 is 5.91 Å². The number of carbonyl (C=O) groups is 3. The summed E-state index contributed by atoms with van der Waals surface area (Å²) in [5, 5.41) is 11.9. The molecule has 4 rings (SSSR count). The molecule has 3 amide bonds. The van der Waals surface area contributed by atoms with Crippen molar-refractivity contribution in [2.45, 2.75) is 26.9 Å². The van der Waals surface area contributed by atoms with E-state index in [2.05, 4.69) is 15.6 Å². The van der Waals surface area contributed by atoms with Crippen molar-refractivity contribution < 1.29 is 18.8 Å². The first-order valence-electron chi connectivity index (χ1n) is 13.0. The third kappa shape index (κ3) is 6.89. The number of benzene rings is 2. The van der Waals surface area contributed by atoms with Gasteiger partial charge in [0.25, 0.3) is 11.8 Å². The van der Waals surface area contributed by atoms with Crippen LogP contribution in [-0.4, -0.2) is 72.5 Å². The number of hydrogen-bond donors (Lipinski definition) is 3. The second-order valence-electron chi connectivity index (χ2n) is 9.56. The second kappa shape index (κ2) is 13.1. The number of nitrogens with one attached hydrogen (secondary N) is 2. The number of halogens is 1. The Balaban J connectivity index is 1.37. The molecule has 3 aromatic rings. The Morgan fingerprint density at radius 1 is 1.07 bits per heavy atom. The molecule has 1 aliphatic rings. The number of fused-ring (bicyclic) bond motifs is 1. The van der Waals surface area contributed by atoms with Gasteiger partial charge in [-0.15, -0.1) is 11.3 Å². The molecule has 0 bridgehead atoms. The number of rotatable bonds is 12. The summed E-state index contributed by atoms with van der Waals surface area (Å²) >= 11 is 1.33. The van der Waals surface area contributed by atoms with Gasteiger partial charge in [-0.3, -0.25) is 24.7 Å². The number of carbonyl (C=O) groups excluding carboxylic acids is 3. The first-order chi connectivity index (χ1) is 19.2. The molecule has 212 valence electrons. The first kappa shape index (κ1) is 29.3. The minimum absolute atomic E-state index is 0.0192. The number of hydrogen-bond acceptors (Lipinski definition) is 8. The van der Waals surface area contributed by atoms with Crippen molar-refractivity contribution >= 4 is 34.7 Å². The molecule has 0 atom stereocenters. The highest BCUT2D eigenvalue weighted by molar-refractivity contribution is 7.13. The average molecular weight is 568 g/mol. The van der Waals surface area contributed by atoms with Crippen LogP contribution in [0, 0.1) is 12.7 Å². The zero-order valence-electron chi connectivity index (χ0n) is 22.9. The van der Waals surface area contributed by atoms with Crippen molar-refractivity contribution in [3.63, 3.8) is 0 Å². The molecule has 4 N–H and O–H groups in total. The number of hydrazine groups is 1. The van der Waals surface area contributed by atoms with Crippen molar-refractivity contribution in [3.8, 4) is 10.6 Å².